The van der Waals surface area contributed by atoms with Crippen molar-refractivity contribution in [2.24, 2.45) is 0 Å². The minimum absolute atomic E-state index is 0.0594. The molecule has 4 heteroatoms. The Morgan fingerprint density at radius 1 is 0.618 bits per heavy atom. The fraction of sp³-hybridized carbons (Fsp3) is 0. The molecule has 0 saturated heterocycles. The van der Waals surface area contributed by atoms with Crippen LogP contribution in [0.15, 0.2) is 115 Å². The number of rotatable bonds is 4. The Labute approximate surface area is 203 Å². The molecule has 0 unspecified atom stereocenters. The summed E-state index contributed by atoms with van der Waals surface area (Å²) in [5.74, 6) is -0.358. The van der Waals surface area contributed by atoms with Gasteiger partial charge in [-0.05, 0) is 0 Å². The summed E-state index contributed by atoms with van der Waals surface area (Å²) >= 11 is -0.0594. The van der Waals surface area contributed by atoms with E-state index in [1.807, 2.05) is 72.8 Å². The molecule has 6 rings (SSSR count). The first kappa shape index (κ1) is 20.6. The van der Waals surface area contributed by atoms with Crippen molar-refractivity contribution in [1.82, 2.24) is 0 Å². The van der Waals surface area contributed by atoms with Crippen LogP contribution < -0.4 is 4.90 Å². The normalized spacial score (nSPS) is 14.1. The van der Waals surface area contributed by atoms with Gasteiger partial charge in [0, 0.05) is 0 Å². The maximum absolute atomic E-state index is 13.3. The number of Topliss-reactive ketones (excluding diaryl/α,β-unsaturated/α-hetero) is 2. The van der Waals surface area contributed by atoms with Crippen molar-refractivity contribution in [3.05, 3.63) is 130 Å². The third-order valence-electron chi connectivity index (χ3n) is 6.04. The predicted molar refractivity (Wildman–Crippen MR) is 139 cm³/mol. The third-order valence-corrected chi connectivity index (χ3v) is 8.17. The van der Waals surface area contributed by atoms with Gasteiger partial charge >= 0.3 is 204 Å². The van der Waals surface area contributed by atoms with Crippen LogP contribution in [0.4, 0.5) is 15.9 Å². The number of allylic oxidation sites excluding steroid dienone is 1. The second-order valence-corrected chi connectivity index (χ2v) is 10.4. The Bertz CT molecular complexity index is 1540. The molecule has 1 aliphatic carbocycles. The number of anilines is 3. The summed E-state index contributed by atoms with van der Waals surface area (Å²) in [7, 11) is 0. The molecule has 162 valence electrons. The average Bonchev–Trinajstić information content (AvgIpc) is 3.44. The van der Waals surface area contributed by atoms with Gasteiger partial charge in [-0.1, -0.05) is 0 Å². The number of para-hydroxylation sites is 2. The summed E-state index contributed by atoms with van der Waals surface area (Å²) in [5.41, 5.74) is 3.46. The molecule has 1 aromatic heterocycles. The Kier molecular flexibility index (Phi) is 5.10. The number of hydrogen-bond donors (Lipinski definition) is 0. The Hall–Kier alpha value is -3.98. The van der Waals surface area contributed by atoms with Crippen molar-refractivity contribution >= 4 is 58.9 Å². The number of ketones is 2. The summed E-state index contributed by atoms with van der Waals surface area (Å²) in [4.78, 5) is 28.7. The van der Waals surface area contributed by atoms with Crippen molar-refractivity contribution in [3.8, 4) is 0 Å². The zero-order valence-corrected chi connectivity index (χ0v) is 19.9. The molecule has 4 aromatic carbocycles. The van der Waals surface area contributed by atoms with E-state index < -0.39 is 0 Å². The number of benzene rings is 4. The molecular formula is C30H19NO2Se. The van der Waals surface area contributed by atoms with Crippen LogP contribution >= 0.6 is 0 Å². The molecule has 0 radical (unpaired) electrons. The molecule has 0 N–H and O–H groups in total. The fourth-order valence-corrected chi connectivity index (χ4v) is 6.54. The summed E-state index contributed by atoms with van der Waals surface area (Å²) < 4.78 is 2.16. The van der Waals surface area contributed by atoms with Crippen LogP contribution in [0.25, 0.3) is 16.8 Å². The van der Waals surface area contributed by atoms with Gasteiger partial charge in [0.15, 0.2) is 0 Å². The van der Waals surface area contributed by atoms with E-state index in [0.717, 1.165) is 31.1 Å². The van der Waals surface area contributed by atoms with E-state index in [4.69, 9.17) is 0 Å². The summed E-state index contributed by atoms with van der Waals surface area (Å²) in [5, 5.41) is 1.81. The Morgan fingerprint density at radius 2 is 1.26 bits per heavy atom. The van der Waals surface area contributed by atoms with Crippen molar-refractivity contribution < 1.29 is 9.59 Å². The van der Waals surface area contributed by atoms with Gasteiger partial charge in [0.2, 0.25) is 0 Å². The van der Waals surface area contributed by atoms with Crippen LogP contribution in [-0.2, 0) is 0 Å². The van der Waals surface area contributed by atoms with Crippen molar-refractivity contribution in [1.29, 1.82) is 0 Å². The summed E-state index contributed by atoms with van der Waals surface area (Å²) in [6.07, 6.45) is 1.80. The number of carbonyl (C=O) groups excluding carboxylic acids is 2. The molecule has 1 heterocycles. The van der Waals surface area contributed by atoms with Crippen molar-refractivity contribution in [2.45, 2.75) is 0 Å². The molecular weight excluding hydrogens is 485 g/mol. The van der Waals surface area contributed by atoms with Crippen molar-refractivity contribution in [2.75, 3.05) is 4.90 Å². The Balaban J connectivity index is 1.41. The van der Waals surface area contributed by atoms with E-state index in [1.54, 1.807) is 12.1 Å². The van der Waals surface area contributed by atoms with E-state index in [0.29, 0.717) is 11.1 Å². The topological polar surface area (TPSA) is 37.4 Å². The predicted octanol–water partition coefficient (Wildman–Crippen LogP) is 6.83. The van der Waals surface area contributed by atoms with E-state index in [9.17, 15) is 9.59 Å². The first-order chi connectivity index (χ1) is 16.7. The first-order valence-electron chi connectivity index (χ1n) is 11.0. The molecule has 34 heavy (non-hydrogen) atoms. The third kappa shape index (κ3) is 3.45. The van der Waals surface area contributed by atoms with Crippen LogP contribution in [0.3, 0.4) is 0 Å². The number of fused-ring (bicyclic) bond motifs is 3. The van der Waals surface area contributed by atoms with E-state index in [2.05, 4.69) is 35.2 Å². The van der Waals surface area contributed by atoms with Gasteiger partial charge in [0.1, 0.15) is 0 Å². The standard InChI is InChI=1S/C30H19NO2Se/c32-29-25-17-15-20-9-7-8-14-24(20)28(25)30(33)26(29)19-23-16-18-27(34-23)31(21-10-3-1-4-11-21)22-12-5-2-6-13-22/h1-19H/b26-19-. The molecule has 0 atom stereocenters. The first-order valence-corrected chi connectivity index (χ1v) is 12.7. The van der Waals surface area contributed by atoms with Gasteiger partial charge in [-0.3, -0.25) is 0 Å². The van der Waals surface area contributed by atoms with Gasteiger partial charge in [-0.2, -0.15) is 0 Å². The maximum atomic E-state index is 13.3. The number of hydrogen-bond acceptors (Lipinski definition) is 3. The molecule has 0 spiro atoms. The monoisotopic (exact) mass is 505 g/mol. The zero-order valence-electron chi connectivity index (χ0n) is 18.1. The van der Waals surface area contributed by atoms with Crippen LogP contribution in [0, 0.1) is 0 Å². The van der Waals surface area contributed by atoms with Crippen LogP contribution in [-0.4, -0.2) is 26.1 Å². The molecule has 1 aliphatic rings. The Morgan fingerprint density at radius 3 is 1.97 bits per heavy atom. The van der Waals surface area contributed by atoms with E-state index in [1.165, 1.54) is 0 Å². The van der Waals surface area contributed by atoms with Gasteiger partial charge < -0.3 is 0 Å². The van der Waals surface area contributed by atoms with Crippen molar-refractivity contribution in [3.63, 3.8) is 0 Å². The van der Waals surface area contributed by atoms with Crippen LogP contribution in [0.2, 0.25) is 0 Å². The van der Waals surface area contributed by atoms with Crippen LogP contribution in [0.5, 0.6) is 0 Å². The van der Waals surface area contributed by atoms with Crippen LogP contribution in [0.1, 0.15) is 25.2 Å². The quantitative estimate of drug-likeness (QED) is 0.153. The molecule has 0 fully saturated rings. The number of nitrogens with zero attached hydrogens (tertiary/aromatic N) is 1. The fourth-order valence-electron chi connectivity index (χ4n) is 4.46. The van der Waals surface area contributed by atoms with E-state index >= 15 is 0 Å². The van der Waals surface area contributed by atoms with Gasteiger partial charge in [-0.25, -0.2) is 0 Å². The SMILES string of the molecule is O=C1/C(=C/c2ccc(N(c3ccccc3)c3ccccc3)[se]2)C(=O)c2c1ccc1ccccc21. The number of carbonyl (C=O) groups is 2. The van der Waals surface area contributed by atoms with Gasteiger partial charge in [0.05, 0.1) is 0 Å². The second kappa shape index (κ2) is 8.42. The van der Waals surface area contributed by atoms with Gasteiger partial charge in [-0.15, -0.1) is 0 Å². The molecule has 0 amide bonds. The average molecular weight is 504 g/mol. The molecule has 0 aliphatic heterocycles. The minimum atomic E-state index is -0.182. The molecule has 0 saturated carbocycles. The van der Waals surface area contributed by atoms with E-state index in [-0.39, 0.29) is 31.6 Å². The molecule has 0 bridgehead atoms. The zero-order chi connectivity index (χ0) is 23.1. The summed E-state index contributed by atoms with van der Waals surface area (Å²) in [6, 6.07) is 36.0. The molecule has 5 aromatic rings. The molecule has 3 nitrogen and oxygen atoms in total. The second-order valence-electron chi connectivity index (χ2n) is 8.11. The summed E-state index contributed by atoms with van der Waals surface area (Å²) in [6.45, 7) is 0. The van der Waals surface area contributed by atoms with Gasteiger partial charge in [0.25, 0.3) is 0 Å².